The first kappa shape index (κ1) is 7.03. The van der Waals surface area contributed by atoms with Crippen molar-refractivity contribution in [3.05, 3.63) is 16.6 Å². The minimum Gasteiger partial charge on any atom is -0.316 e. The molecule has 0 saturated carbocycles. The summed E-state index contributed by atoms with van der Waals surface area (Å²) < 4.78 is 2.81. The largest absolute Gasteiger partial charge is 0.316 e. The molecule has 2 rings (SSSR count). The second-order valence-electron chi connectivity index (χ2n) is 2.58. The molecule has 0 atom stereocenters. The van der Waals surface area contributed by atoms with Gasteiger partial charge in [-0.1, -0.05) is 0 Å². The quantitative estimate of drug-likeness (QED) is 0.659. The monoisotopic (exact) mass is 214 g/mol. The Labute approximate surface area is 72.6 Å². The Morgan fingerprint density at radius 2 is 2.45 bits per heavy atom. The number of nitrogens with zero attached hydrogens (tertiary/aromatic N) is 2. The van der Waals surface area contributed by atoms with E-state index in [2.05, 4.69) is 20.9 Å². The maximum absolute atomic E-state index is 11.2. The third kappa shape index (κ3) is 1.01. The van der Waals surface area contributed by atoms with Crippen LogP contribution in [0.1, 0.15) is 23.5 Å². The van der Waals surface area contributed by atoms with Gasteiger partial charge in [-0.25, -0.2) is 4.98 Å². The van der Waals surface area contributed by atoms with Crippen LogP contribution >= 0.6 is 15.9 Å². The van der Waals surface area contributed by atoms with Crippen molar-refractivity contribution in [1.82, 2.24) is 9.55 Å². The second kappa shape index (κ2) is 2.44. The van der Waals surface area contributed by atoms with Crippen LogP contribution in [0.4, 0.5) is 0 Å². The zero-order valence-electron chi connectivity index (χ0n) is 5.88. The molecule has 3 nitrogen and oxygen atoms in total. The Kier molecular flexibility index (Phi) is 1.56. The maximum atomic E-state index is 11.2. The zero-order chi connectivity index (χ0) is 7.84. The van der Waals surface area contributed by atoms with E-state index in [1.54, 1.807) is 6.20 Å². The molecular formula is C7H7BrN2O. The summed E-state index contributed by atoms with van der Waals surface area (Å²) in [5.74, 6) is 0.755. The lowest BCUT2D eigenvalue weighted by molar-refractivity contribution is 0.0949. The van der Waals surface area contributed by atoms with Gasteiger partial charge >= 0.3 is 0 Å². The van der Waals surface area contributed by atoms with Gasteiger partial charge in [-0.2, -0.15) is 0 Å². The van der Waals surface area contributed by atoms with E-state index in [-0.39, 0.29) is 5.78 Å². The van der Waals surface area contributed by atoms with Crippen molar-refractivity contribution in [2.24, 2.45) is 0 Å². The maximum Gasteiger partial charge on any atom is 0.198 e. The third-order valence-corrected chi connectivity index (χ3v) is 2.47. The molecule has 0 saturated heterocycles. The summed E-state index contributed by atoms with van der Waals surface area (Å²) in [5.41, 5.74) is 0. The van der Waals surface area contributed by atoms with Crippen LogP contribution in [-0.2, 0) is 6.54 Å². The summed E-state index contributed by atoms with van der Waals surface area (Å²) in [6.07, 6.45) is 3.25. The Morgan fingerprint density at radius 1 is 1.64 bits per heavy atom. The molecule has 4 heteroatoms. The number of aromatic nitrogens is 2. The molecule has 58 valence electrons. The van der Waals surface area contributed by atoms with Crippen LogP contribution in [0.3, 0.4) is 0 Å². The summed E-state index contributed by atoms with van der Waals surface area (Å²) in [6.45, 7) is 0.904. The van der Waals surface area contributed by atoms with Crippen molar-refractivity contribution in [3.63, 3.8) is 0 Å². The van der Waals surface area contributed by atoms with Crippen molar-refractivity contribution in [2.45, 2.75) is 19.4 Å². The number of fused-ring (bicyclic) bond motifs is 1. The molecule has 0 aliphatic carbocycles. The van der Waals surface area contributed by atoms with Gasteiger partial charge in [0.2, 0.25) is 0 Å². The van der Waals surface area contributed by atoms with Gasteiger partial charge in [0.1, 0.15) is 4.60 Å². The van der Waals surface area contributed by atoms with E-state index in [1.165, 1.54) is 0 Å². The van der Waals surface area contributed by atoms with Gasteiger partial charge < -0.3 is 4.57 Å². The van der Waals surface area contributed by atoms with Gasteiger partial charge in [-0.3, -0.25) is 4.79 Å². The molecule has 0 radical (unpaired) electrons. The van der Waals surface area contributed by atoms with Crippen LogP contribution in [0.2, 0.25) is 0 Å². The number of Topliss-reactive ketones (excluding diaryl/α,β-unsaturated/α-hetero) is 1. The summed E-state index contributed by atoms with van der Waals surface area (Å²) in [4.78, 5) is 15.2. The lowest BCUT2D eigenvalue weighted by atomic mass is 10.1. The van der Waals surface area contributed by atoms with Crippen LogP contribution in [0.15, 0.2) is 10.8 Å². The Bertz CT molecular complexity index is 305. The average molecular weight is 215 g/mol. The van der Waals surface area contributed by atoms with Gasteiger partial charge in [0.15, 0.2) is 11.6 Å². The summed E-state index contributed by atoms with van der Waals surface area (Å²) in [5, 5.41) is 0. The number of rotatable bonds is 0. The molecular weight excluding hydrogens is 208 g/mol. The number of ketones is 1. The van der Waals surface area contributed by atoms with Gasteiger partial charge in [0.05, 0.1) is 6.20 Å². The molecule has 0 amide bonds. The first-order chi connectivity index (χ1) is 5.29. The standard InChI is InChI=1S/C7H7BrN2O/c8-6-4-9-7-5(11)2-1-3-10(6)7/h4H,1-3H2. The Morgan fingerprint density at radius 3 is 3.18 bits per heavy atom. The smallest absolute Gasteiger partial charge is 0.198 e. The normalized spacial score (nSPS) is 16.6. The van der Waals surface area contributed by atoms with Crippen LogP contribution in [0.25, 0.3) is 0 Å². The van der Waals surface area contributed by atoms with Crippen LogP contribution in [-0.4, -0.2) is 15.3 Å². The van der Waals surface area contributed by atoms with E-state index in [0.29, 0.717) is 12.2 Å². The molecule has 1 aliphatic rings. The van der Waals surface area contributed by atoms with Crippen molar-refractivity contribution in [2.75, 3.05) is 0 Å². The van der Waals surface area contributed by atoms with E-state index in [9.17, 15) is 4.79 Å². The molecule has 0 fully saturated rings. The van der Waals surface area contributed by atoms with Gasteiger partial charge in [0.25, 0.3) is 0 Å². The van der Waals surface area contributed by atoms with Crippen molar-refractivity contribution in [1.29, 1.82) is 0 Å². The molecule has 0 aromatic carbocycles. The highest BCUT2D eigenvalue weighted by atomic mass is 79.9. The van der Waals surface area contributed by atoms with Crippen LogP contribution in [0.5, 0.6) is 0 Å². The van der Waals surface area contributed by atoms with E-state index < -0.39 is 0 Å². The molecule has 11 heavy (non-hydrogen) atoms. The van der Waals surface area contributed by atoms with Crippen LogP contribution < -0.4 is 0 Å². The summed E-state index contributed by atoms with van der Waals surface area (Å²) in [7, 11) is 0. The molecule has 2 heterocycles. The predicted octanol–water partition coefficient (Wildman–Crippen LogP) is 1.62. The minimum absolute atomic E-state index is 0.155. The van der Waals surface area contributed by atoms with Crippen molar-refractivity contribution < 1.29 is 4.79 Å². The lowest BCUT2D eigenvalue weighted by Crippen LogP contribution is -2.17. The molecule has 0 N–H and O–H groups in total. The fourth-order valence-corrected chi connectivity index (χ4v) is 1.75. The lowest BCUT2D eigenvalue weighted by Gasteiger charge is -2.12. The minimum atomic E-state index is 0.155. The SMILES string of the molecule is O=C1CCCn2c(Br)cnc21. The summed E-state index contributed by atoms with van der Waals surface area (Å²) >= 11 is 3.33. The number of hydrogen-bond donors (Lipinski definition) is 0. The van der Waals surface area contributed by atoms with E-state index in [4.69, 9.17) is 0 Å². The van der Waals surface area contributed by atoms with Crippen LogP contribution in [0, 0.1) is 0 Å². The third-order valence-electron chi connectivity index (χ3n) is 1.84. The molecule has 0 spiro atoms. The highest BCUT2D eigenvalue weighted by molar-refractivity contribution is 9.10. The van der Waals surface area contributed by atoms with E-state index >= 15 is 0 Å². The topological polar surface area (TPSA) is 34.9 Å². The van der Waals surface area contributed by atoms with Crippen molar-refractivity contribution >= 4 is 21.7 Å². The first-order valence-electron chi connectivity index (χ1n) is 3.53. The highest BCUT2D eigenvalue weighted by Crippen LogP contribution is 2.19. The Hall–Kier alpha value is -0.640. The second-order valence-corrected chi connectivity index (χ2v) is 3.40. The zero-order valence-corrected chi connectivity index (χ0v) is 7.47. The van der Waals surface area contributed by atoms with Gasteiger partial charge in [-0.15, -0.1) is 0 Å². The molecule has 1 aromatic heterocycles. The van der Waals surface area contributed by atoms with Gasteiger partial charge in [0, 0.05) is 13.0 Å². The molecule has 1 aromatic rings. The van der Waals surface area contributed by atoms with Gasteiger partial charge in [-0.05, 0) is 22.4 Å². The Balaban J connectivity index is 2.55. The number of carbonyl (C=O) groups excluding carboxylic acids is 1. The van der Waals surface area contributed by atoms with E-state index in [0.717, 1.165) is 17.6 Å². The number of hydrogen-bond acceptors (Lipinski definition) is 2. The fourth-order valence-electron chi connectivity index (χ4n) is 1.30. The fraction of sp³-hybridized carbons (Fsp3) is 0.429. The predicted molar refractivity (Wildman–Crippen MR) is 43.5 cm³/mol. The number of carbonyl (C=O) groups is 1. The van der Waals surface area contributed by atoms with E-state index in [1.807, 2.05) is 4.57 Å². The van der Waals surface area contributed by atoms with Crippen molar-refractivity contribution in [3.8, 4) is 0 Å². The average Bonchev–Trinajstić information content (AvgIpc) is 2.35. The molecule has 1 aliphatic heterocycles. The highest BCUT2D eigenvalue weighted by Gasteiger charge is 2.19. The number of halogens is 1. The summed E-state index contributed by atoms with van der Waals surface area (Å²) in [6, 6.07) is 0. The molecule has 0 bridgehead atoms. The first-order valence-corrected chi connectivity index (χ1v) is 4.32. The molecule has 0 unspecified atom stereocenters. The number of imidazole rings is 1.